The van der Waals surface area contributed by atoms with Crippen molar-refractivity contribution in [3.8, 4) is 0 Å². The summed E-state index contributed by atoms with van der Waals surface area (Å²) in [6.07, 6.45) is 6.98. The Morgan fingerprint density at radius 2 is 2.12 bits per heavy atom. The lowest BCUT2D eigenvalue weighted by Gasteiger charge is -2.35. The number of piperazine rings is 1. The number of anilines is 1. The number of hydrogen-bond donors (Lipinski definition) is 1. The molecule has 1 saturated heterocycles. The first-order valence-electron chi connectivity index (χ1n) is 8.86. The minimum absolute atomic E-state index is 0.0634. The third-order valence-electron chi connectivity index (χ3n) is 4.96. The third-order valence-corrected chi connectivity index (χ3v) is 6.16. The number of carbonyl (C=O) groups is 1. The van der Waals surface area contributed by atoms with Crippen LogP contribution in [0.25, 0.3) is 10.2 Å². The van der Waals surface area contributed by atoms with Gasteiger partial charge in [-0.15, -0.1) is 17.9 Å². The van der Waals surface area contributed by atoms with Crippen LogP contribution in [-0.4, -0.2) is 60.0 Å². The molecule has 1 amide bonds. The molecule has 25 heavy (non-hydrogen) atoms. The Labute approximate surface area is 151 Å². The standard InChI is InChI=1S/C18H23N5OS/c1-2-6-19-15(24)11-22-7-9-23(10-8-22)17-16-13-4-3-5-14(13)25-18(16)21-12-20-17/h2,12H,1,3-11H2,(H,19,24). The number of thiophene rings is 1. The highest BCUT2D eigenvalue weighted by Crippen LogP contribution is 2.40. The van der Waals surface area contributed by atoms with E-state index in [1.165, 1.54) is 28.7 Å². The van der Waals surface area contributed by atoms with Crippen LogP contribution < -0.4 is 10.2 Å². The highest BCUT2D eigenvalue weighted by Gasteiger charge is 2.26. The van der Waals surface area contributed by atoms with Crippen molar-refractivity contribution >= 4 is 33.3 Å². The monoisotopic (exact) mass is 357 g/mol. The fraction of sp³-hybridized carbons (Fsp3) is 0.500. The maximum atomic E-state index is 11.9. The number of fused-ring (bicyclic) bond motifs is 3. The van der Waals surface area contributed by atoms with E-state index in [0.29, 0.717) is 13.1 Å². The molecular weight excluding hydrogens is 334 g/mol. The van der Waals surface area contributed by atoms with Gasteiger partial charge in [-0.2, -0.15) is 0 Å². The van der Waals surface area contributed by atoms with Gasteiger partial charge in [0.25, 0.3) is 0 Å². The third kappa shape index (κ3) is 3.26. The van der Waals surface area contributed by atoms with Gasteiger partial charge >= 0.3 is 0 Å². The number of rotatable bonds is 5. The lowest BCUT2D eigenvalue weighted by atomic mass is 10.1. The van der Waals surface area contributed by atoms with Crippen LogP contribution in [0, 0.1) is 0 Å². The van der Waals surface area contributed by atoms with E-state index >= 15 is 0 Å². The van der Waals surface area contributed by atoms with Crippen molar-refractivity contribution in [1.82, 2.24) is 20.2 Å². The molecule has 3 heterocycles. The molecule has 4 rings (SSSR count). The number of carbonyl (C=O) groups excluding carboxylic acids is 1. The zero-order chi connectivity index (χ0) is 17.2. The summed E-state index contributed by atoms with van der Waals surface area (Å²) in [5.41, 5.74) is 1.47. The van der Waals surface area contributed by atoms with Crippen LogP contribution >= 0.6 is 11.3 Å². The first kappa shape index (κ1) is 16.5. The van der Waals surface area contributed by atoms with E-state index in [4.69, 9.17) is 0 Å². The molecule has 1 N–H and O–H groups in total. The minimum Gasteiger partial charge on any atom is -0.353 e. The lowest BCUT2D eigenvalue weighted by molar-refractivity contribution is -0.122. The molecule has 1 fully saturated rings. The van der Waals surface area contributed by atoms with Crippen LogP contribution in [0.3, 0.4) is 0 Å². The van der Waals surface area contributed by atoms with Gasteiger partial charge in [0.1, 0.15) is 17.0 Å². The van der Waals surface area contributed by atoms with E-state index in [9.17, 15) is 4.79 Å². The summed E-state index contributed by atoms with van der Waals surface area (Å²) in [4.78, 5) is 28.1. The average molecular weight is 357 g/mol. The topological polar surface area (TPSA) is 61.4 Å². The van der Waals surface area contributed by atoms with E-state index in [1.807, 2.05) is 11.3 Å². The number of aryl methyl sites for hydroxylation is 2. The molecule has 132 valence electrons. The first-order valence-corrected chi connectivity index (χ1v) is 9.68. The molecule has 1 aliphatic carbocycles. The Kier molecular flexibility index (Phi) is 4.67. The molecule has 0 radical (unpaired) electrons. The quantitative estimate of drug-likeness (QED) is 0.824. The highest BCUT2D eigenvalue weighted by molar-refractivity contribution is 7.19. The first-order chi connectivity index (χ1) is 12.3. The maximum absolute atomic E-state index is 11.9. The summed E-state index contributed by atoms with van der Waals surface area (Å²) < 4.78 is 0. The Morgan fingerprint density at radius 1 is 1.28 bits per heavy atom. The SMILES string of the molecule is C=CCNC(=O)CN1CCN(c2ncnc3sc4c(c23)CCC4)CC1. The largest absolute Gasteiger partial charge is 0.353 e. The van der Waals surface area contributed by atoms with E-state index in [-0.39, 0.29) is 5.91 Å². The van der Waals surface area contributed by atoms with Gasteiger partial charge in [-0.1, -0.05) is 6.08 Å². The summed E-state index contributed by atoms with van der Waals surface area (Å²) in [5, 5.41) is 4.12. The second kappa shape index (κ2) is 7.09. The highest BCUT2D eigenvalue weighted by atomic mass is 32.1. The van der Waals surface area contributed by atoms with Gasteiger partial charge in [0.05, 0.1) is 11.9 Å². The second-order valence-electron chi connectivity index (χ2n) is 6.59. The van der Waals surface area contributed by atoms with E-state index in [0.717, 1.165) is 43.2 Å². The Morgan fingerprint density at radius 3 is 2.92 bits per heavy atom. The Balaban J connectivity index is 1.45. The van der Waals surface area contributed by atoms with Gasteiger partial charge in [-0.3, -0.25) is 9.69 Å². The summed E-state index contributed by atoms with van der Waals surface area (Å²) in [6, 6.07) is 0. The van der Waals surface area contributed by atoms with E-state index in [1.54, 1.807) is 12.4 Å². The Bertz CT molecular complexity index is 794. The van der Waals surface area contributed by atoms with Crippen molar-refractivity contribution in [3.63, 3.8) is 0 Å². The smallest absolute Gasteiger partial charge is 0.234 e. The molecule has 0 atom stereocenters. The van der Waals surface area contributed by atoms with Crippen molar-refractivity contribution in [2.75, 3.05) is 44.2 Å². The summed E-state index contributed by atoms with van der Waals surface area (Å²) >= 11 is 1.83. The van der Waals surface area contributed by atoms with Crippen molar-refractivity contribution < 1.29 is 4.79 Å². The van der Waals surface area contributed by atoms with Crippen LogP contribution in [0.15, 0.2) is 19.0 Å². The summed E-state index contributed by atoms with van der Waals surface area (Å²) in [6.45, 7) is 8.14. The number of aromatic nitrogens is 2. The van der Waals surface area contributed by atoms with Gasteiger partial charge in [0, 0.05) is 37.6 Å². The van der Waals surface area contributed by atoms with E-state index in [2.05, 4.69) is 31.7 Å². The van der Waals surface area contributed by atoms with Crippen LogP contribution in [-0.2, 0) is 17.6 Å². The van der Waals surface area contributed by atoms with Gasteiger partial charge in [-0.05, 0) is 24.8 Å². The molecule has 0 aromatic carbocycles. The van der Waals surface area contributed by atoms with E-state index < -0.39 is 0 Å². The average Bonchev–Trinajstić information content (AvgIpc) is 3.21. The van der Waals surface area contributed by atoms with Crippen molar-refractivity contribution in [2.45, 2.75) is 19.3 Å². The van der Waals surface area contributed by atoms with Gasteiger partial charge < -0.3 is 10.2 Å². The molecule has 0 unspecified atom stereocenters. The van der Waals surface area contributed by atoms with Crippen LogP contribution in [0.5, 0.6) is 0 Å². The molecule has 7 heteroatoms. The predicted molar refractivity (Wildman–Crippen MR) is 101 cm³/mol. The second-order valence-corrected chi connectivity index (χ2v) is 7.67. The zero-order valence-electron chi connectivity index (χ0n) is 14.3. The normalized spacial score (nSPS) is 17.7. The Hall–Kier alpha value is -1.99. The van der Waals surface area contributed by atoms with Crippen LogP contribution in [0.4, 0.5) is 5.82 Å². The van der Waals surface area contributed by atoms with Gasteiger partial charge in [-0.25, -0.2) is 9.97 Å². The number of nitrogens with one attached hydrogen (secondary N) is 1. The fourth-order valence-corrected chi connectivity index (χ4v) is 4.94. The van der Waals surface area contributed by atoms with Gasteiger partial charge in [0.2, 0.25) is 5.91 Å². The summed E-state index contributed by atoms with van der Waals surface area (Å²) in [7, 11) is 0. The van der Waals surface area contributed by atoms with Crippen molar-refractivity contribution in [1.29, 1.82) is 0 Å². The van der Waals surface area contributed by atoms with Crippen molar-refractivity contribution in [2.24, 2.45) is 0 Å². The molecule has 0 spiro atoms. The fourth-order valence-electron chi connectivity index (χ4n) is 3.71. The summed E-state index contributed by atoms with van der Waals surface area (Å²) in [5.74, 6) is 1.15. The molecule has 2 aromatic rings. The molecular formula is C18H23N5OS. The van der Waals surface area contributed by atoms with Crippen molar-refractivity contribution in [3.05, 3.63) is 29.4 Å². The molecule has 0 bridgehead atoms. The van der Waals surface area contributed by atoms with Crippen LogP contribution in [0.2, 0.25) is 0 Å². The molecule has 6 nitrogen and oxygen atoms in total. The van der Waals surface area contributed by atoms with Gasteiger partial charge in [0.15, 0.2) is 0 Å². The number of amides is 1. The molecule has 1 aliphatic heterocycles. The predicted octanol–water partition coefficient (Wildman–Crippen LogP) is 1.60. The maximum Gasteiger partial charge on any atom is 0.234 e. The molecule has 2 aliphatic rings. The minimum atomic E-state index is 0.0634. The lowest BCUT2D eigenvalue weighted by Crippen LogP contribution is -2.49. The van der Waals surface area contributed by atoms with Crippen LogP contribution in [0.1, 0.15) is 16.9 Å². The molecule has 0 saturated carbocycles. The molecule has 2 aromatic heterocycles. The zero-order valence-corrected chi connectivity index (χ0v) is 15.1. The number of hydrogen-bond acceptors (Lipinski definition) is 6. The number of nitrogens with zero attached hydrogens (tertiary/aromatic N) is 4.